The molecule has 0 aliphatic rings. The molecule has 5 N–H and O–H groups in total. The van der Waals surface area contributed by atoms with Crippen molar-refractivity contribution in [3.05, 3.63) is 109 Å². The number of hydrogen-bond donors (Lipinski definition) is 4. The van der Waals surface area contributed by atoms with Crippen molar-refractivity contribution in [2.24, 2.45) is 5.73 Å². The number of carbonyl (C=O) groups excluding carboxylic acids is 2. The first kappa shape index (κ1) is 57.1. The minimum Gasteiger partial charge on any atom is -0.480 e. The number of rotatable bonds is 39. The van der Waals surface area contributed by atoms with Crippen LogP contribution in [0.15, 0.2) is 109 Å². The summed E-state index contributed by atoms with van der Waals surface area (Å²) >= 11 is 0. The zero-order valence-electron chi connectivity index (χ0n) is 36.8. The number of carbonyl (C=O) groups is 3. The molecule has 0 heterocycles. The lowest BCUT2D eigenvalue weighted by Gasteiger charge is -2.20. The van der Waals surface area contributed by atoms with Crippen molar-refractivity contribution in [1.29, 1.82) is 0 Å². The van der Waals surface area contributed by atoms with E-state index in [-0.39, 0.29) is 12.8 Å². The zero-order valence-corrected chi connectivity index (χ0v) is 37.7. The molecule has 0 saturated carbocycles. The number of aliphatic hydroxyl groups excluding tert-OH is 1. The van der Waals surface area contributed by atoms with E-state index in [0.29, 0.717) is 32.1 Å². The fourth-order valence-electron chi connectivity index (χ4n) is 5.06. The lowest BCUT2D eigenvalue weighted by atomic mass is 10.2. The van der Waals surface area contributed by atoms with E-state index in [0.717, 1.165) is 38.5 Å². The fraction of sp³-hybridized carbons (Fsp3) is 0.562. The van der Waals surface area contributed by atoms with Crippen molar-refractivity contribution in [3.63, 3.8) is 0 Å². The molecule has 0 aliphatic carbocycles. The van der Waals surface area contributed by atoms with Gasteiger partial charge in [-0.2, -0.15) is 0 Å². The highest BCUT2D eigenvalue weighted by molar-refractivity contribution is 7.47. The first-order valence-electron chi connectivity index (χ1n) is 22.0. The normalized spacial score (nSPS) is 15.2. The van der Waals surface area contributed by atoms with Gasteiger partial charge in [0.25, 0.3) is 0 Å². The standard InChI is InChI=1S/C48H76NO11P/c1-3-5-7-9-11-12-13-14-15-16-17-18-19-20-21-22-26-30-34-38-46(51)57-40-44(41-58-61(55,56)59-42-45(49)48(53)54)60-47(52)39-35-31-27-23-25-29-33-37-43(50)36-32-28-24-10-8-6-4-2/h11-12,14-15,17-18,20-21,23-24,26-30,32-33,36,43-45,50H,3-10,13,16,19,22,25,31,34-35,37-42,49H2,1-2H3,(H,53,54)(H,55,56)/b12-11-,15-14-,18-17-,21-20-,27-23+,28-24-,30-26-,33-29-,36-32-/t43-,44+,45-/m0/s1. The molecule has 344 valence electrons. The molecule has 0 aromatic rings. The Hall–Kier alpha value is -3.90. The van der Waals surface area contributed by atoms with Crippen LogP contribution >= 0.6 is 7.82 Å². The van der Waals surface area contributed by atoms with Crippen LogP contribution in [0.5, 0.6) is 0 Å². The van der Waals surface area contributed by atoms with E-state index >= 15 is 0 Å². The van der Waals surface area contributed by atoms with Gasteiger partial charge in [-0.1, -0.05) is 149 Å². The van der Waals surface area contributed by atoms with Crippen molar-refractivity contribution in [1.82, 2.24) is 0 Å². The van der Waals surface area contributed by atoms with Crippen LogP contribution in [0.3, 0.4) is 0 Å². The van der Waals surface area contributed by atoms with Crippen molar-refractivity contribution in [3.8, 4) is 0 Å². The van der Waals surface area contributed by atoms with Crippen LogP contribution in [0.1, 0.15) is 136 Å². The molecular formula is C48H76NO11P. The number of ether oxygens (including phenoxy) is 2. The Morgan fingerprint density at radius 2 is 1.08 bits per heavy atom. The Kier molecular flexibility index (Phi) is 38.8. The largest absolute Gasteiger partial charge is 0.480 e. The molecular weight excluding hydrogens is 797 g/mol. The maximum absolute atomic E-state index is 12.6. The Balaban J connectivity index is 4.65. The minimum atomic E-state index is -4.77. The quantitative estimate of drug-likeness (QED) is 0.0150. The molecule has 1 unspecified atom stereocenters. The van der Waals surface area contributed by atoms with Gasteiger partial charge in [-0.05, 0) is 83.5 Å². The Morgan fingerprint density at radius 1 is 0.590 bits per heavy atom. The highest BCUT2D eigenvalue weighted by Gasteiger charge is 2.28. The second-order valence-corrected chi connectivity index (χ2v) is 15.8. The molecule has 13 heteroatoms. The van der Waals surface area contributed by atoms with E-state index in [1.165, 1.54) is 38.5 Å². The van der Waals surface area contributed by atoms with E-state index in [1.54, 1.807) is 6.08 Å². The molecule has 0 radical (unpaired) electrons. The summed E-state index contributed by atoms with van der Waals surface area (Å²) in [5, 5.41) is 19.0. The summed E-state index contributed by atoms with van der Waals surface area (Å²) in [5.74, 6) is -2.62. The third-order valence-electron chi connectivity index (χ3n) is 8.59. The summed E-state index contributed by atoms with van der Waals surface area (Å²) in [5.41, 5.74) is 5.32. The van der Waals surface area contributed by atoms with E-state index in [1.807, 2.05) is 54.7 Å². The number of carboxylic acids is 1. The van der Waals surface area contributed by atoms with Gasteiger partial charge in [0.15, 0.2) is 6.10 Å². The van der Waals surface area contributed by atoms with Crippen LogP contribution in [0.2, 0.25) is 0 Å². The lowest BCUT2D eigenvalue weighted by molar-refractivity contribution is -0.161. The van der Waals surface area contributed by atoms with Gasteiger partial charge in [0.05, 0.1) is 19.3 Å². The average molecular weight is 874 g/mol. The topological polar surface area (TPSA) is 192 Å². The van der Waals surface area contributed by atoms with Gasteiger partial charge < -0.3 is 30.3 Å². The number of phosphoric ester groups is 1. The average Bonchev–Trinajstić information content (AvgIpc) is 3.23. The molecule has 0 aliphatic heterocycles. The third-order valence-corrected chi connectivity index (χ3v) is 9.54. The summed E-state index contributed by atoms with van der Waals surface area (Å²) in [6.07, 6.45) is 50.5. The van der Waals surface area contributed by atoms with Crippen LogP contribution < -0.4 is 5.73 Å². The van der Waals surface area contributed by atoms with Gasteiger partial charge in [-0.3, -0.25) is 23.4 Å². The molecule has 0 fully saturated rings. The zero-order chi connectivity index (χ0) is 45.1. The molecule has 0 saturated heterocycles. The molecule has 0 spiro atoms. The second-order valence-electron chi connectivity index (χ2n) is 14.3. The first-order chi connectivity index (χ1) is 29.5. The maximum Gasteiger partial charge on any atom is 0.472 e. The van der Waals surface area contributed by atoms with E-state index in [9.17, 15) is 28.9 Å². The maximum atomic E-state index is 12.6. The lowest BCUT2D eigenvalue weighted by Crippen LogP contribution is -2.34. The Morgan fingerprint density at radius 3 is 1.64 bits per heavy atom. The summed E-state index contributed by atoms with van der Waals surface area (Å²) in [6.45, 7) is 2.50. The summed E-state index contributed by atoms with van der Waals surface area (Å²) in [7, 11) is -4.77. The molecule has 4 atom stereocenters. The molecule has 0 bridgehead atoms. The predicted molar refractivity (Wildman–Crippen MR) is 246 cm³/mol. The second kappa shape index (κ2) is 41.5. The van der Waals surface area contributed by atoms with Crippen molar-refractivity contribution in [2.45, 2.75) is 154 Å². The van der Waals surface area contributed by atoms with Gasteiger partial charge in [-0.25, -0.2) is 4.57 Å². The molecule has 61 heavy (non-hydrogen) atoms. The summed E-state index contributed by atoms with van der Waals surface area (Å²) < 4.78 is 32.5. The van der Waals surface area contributed by atoms with E-state index in [4.69, 9.17) is 24.8 Å². The smallest absolute Gasteiger partial charge is 0.472 e. The highest BCUT2D eigenvalue weighted by atomic mass is 31.2. The van der Waals surface area contributed by atoms with E-state index in [2.05, 4.69) is 67.0 Å². The highest BCUT2D eigenvalue weighted by Crippen LogP contribution is 2.43. The number of aliphatic carboxylic acids is 1. The van der Waals surface area contributed by atoms with Gasteiger partial charge in [0.2, 0.25) is 0 Å². The van der Waals surface area contributed by atoms with Crippen LogP contribution in [0.25, 0.3) is 0 Å². The first-order valence-corrected chi connectivity index (χ1v) is 23.5. The monoisotopic (exact) mass is 874 g/mol. The van der Waals surface area contributed by atoms with Crippen molar-refractivity contribution >= 4 is 25.7 Å². The van der Waals surface area contributed by atoms with Gasteiger partial charge in [0, 0.05) is 12.8 Å². The van der Waals surface area contributed by atoms with Gasteiger partial charge >= 0.3 is 25.7 Å². The van der Waals surface area contributed by atoms with E-state index < -0.39 is 63.8 Å². The number of esters is 2. The van der Waals surface area contributed by atoms with Gasteiger partial charge in [-0.15, -0.1) is 0 Å². The molecule has 12 nitrogen and oxygen atoms in total. The third kappa shape index (κ3) is 41.2. The predicted octanol–water partition coefficient (Wildman–Crippen LogP) is 10.8. The number of allylic oxidation sites excluding steroid dienone is 16. The Bertz CT molecular complexity index is 1460. The van der Waals surface area contributed by atoms with Crippen LogP contribution in [-0.2, 0) is 37.5 Å². The number of unbranched alkanes of at least 4 members (excludes halogenated alkanes) is 7. The van der Waals surface area contributed by atoms with Crippen molar-refractivity contribution in [2.75, 3.05) is 19.8 Å². The molecule has 0 amide bonds. The number of nitrogens with two attached hydrogens (primary N) is 1. The van der Waals surface area contributed by atoms with Crippen LogP contribution in [-0.4, -0.2) is 71.1 Å². The number of carboxylic acid groups (broad SMARTS) is 1. The molecule has 0 aromatic heterocycles. The molecule has 0 aromatic carbocycles. The fourth-order valence-corrected chi connectivity index (χ4v) is 5.84. The van der Waals surface area contributed by atoms with Crippen LogP contribution in [0, 0.1) is 0 Å². The minimum absolute atomic E-state index is 0.0290. The molecule has 0 rings (SSSR count). The van der Waals surface area contributed by atoms with Crippen molar-refractivity contribution < 1.29 is 52.6 Å². The number of aliphatic hydroxyl groups is 1. The SMILES string of the molecule is CCCCC/C=C\C=C/[C@H](O)C/C=C\C/C=C/CCCC(=O)O[C@H](COC(=O)CC/C=C\C/C=C\C/C=C\C/C=C\C/C=C\CCCCC)COP(=O)(O)OC[C@H](N)C(=O)O. The number of phosphoric acid groups is 1. The van der Waals surface area contributed by atoms with Gasteiger partial charge in [0.1, 0.15) is 12.6 Å². The summed E-state index contributed by atoms with van der Waals surface area (Å²) in [4.78, 5) is 45.9. The summed E-state index contributed by atoms with van der Waals surface area (Å²) in [6, 6.07) is -1.56. The number of hydrogen-bond acceptors (Lipinski definition) is 10. The Labute approximate surface area is 366 Å². The van der Waals surface area contributed by atoms with Crippen LogP contribution in [0.4, 0.5) is 0 Å².